The molecular formula is C11H11N3O. The highest BCUT2D eigenvalue weighted by Crippen LogP contribution is 2.05. The molecule has 0 radical (unpaired) electrons. The van der Waals surface area contributed by atoms with Gasteiger partial charge < -0.3 is 5.73 Å². The summed E-state index contributed by atoms with van der Waals surface area (Å²) in [5.74, 6) is 0. The summed E-state index contributed by atoms with van der Waals surface area (Å²) in [5.41, 5.74) is 7.26. The maximum Gasteiger partial charge on any atom is 0.253 e. The molecule has 0 saturated carbocycles. The molecule has 1 aromatic carbocycles. The van der Waals surface area contributed by atoms with Gasteiger partial charge >= 0.3 is 0 Å². The number of hydrogen-bond donors (Lipinski definition) is 1. The fraction of sp³-hybridized carbons (Fsp3) is 0.0909. The second-order valence-electron chi connectivity index (χ2n) is 3.29. The zero-order valence-corrected chi connectivity index (χ0v) is 8.13. The van der Waals surface area contributed by atoms with Crippen LogP contribution in [0.4, 0.5) is 5.69 Å². The molecule has 1 heterocycles. The van der Waals surface area contributed by atoms with Gasteiger partial charge in [0.2, 0.25) is 0 Å². The lowest BCUT2D eigenvalue weighted by Gasteiger charge is -2.04. The molecule has 2 rings (SSSR count). The number of nitrogen functional groups attached to an aromatic ring is 1. The van der Waals surface area contributed by atoms with E-state index in [1.807, 2.05) is 24.3 Å². The Kier molecular flexibility index (Phi) is 2.49. The van der Waals surface area contributed by atoms with Gasteiger partial charge in [0.05, 0.1) is 12.9 Å². The molecule has 0 aliphatic rings. The van der Waals surface area contributed by atoms with Crippen LogP contribution in [0.5, 0.6) is 0 Å². The maximum atomic E-state index is 11.4. The third kappa shape index (κ3) is 2.22. The van der Waals surface area contributed by atoms with Crippen LogP contribution in [-0.4, -0.2) is 9.55 Å². The fourth-order valence-corrected chi connectivity index (χ4v) is 1.32. The highest BCUT2D eigenvalue weighted by atomic mass is 16.1. The molecule has 0 aliphatic carbocycles. The average Bonchev–Trinajstić information content (AvgIpc) is 2.25. The predicted octanol–water partition coefficient (Wildman–Crippen LogP) is 0.874. The van der Waals surface area contributed by atoms with Gasteiger partial charge in [-0.05, 0) is 17.7 Å². The molecule has 1 aromatic heterocycles. The van der Waals surface area contributed by atoms with Gasteiger partial charge in [0.15, 0.2) is 0 Å². The number of nitrogens with zero attached hydrogens (tertiary/aromatic N) is 2. The molecule has 0 saturated heterocycles. The Balaban J connectivity index is 2.26. The normalized spacial score (nSPS) is 10.1. The van der Waals surface area contributed by atoms with Gasteiger partial charge in [-0.2, -0.15) is 0 Å². The second kappa shape index (κ2) is 3.96. The summed E-state index contributed by atoms with van der Waals surface area (Å²) in [6, 6.07) is 8.87. The molecule has 0 spiro atoms. The first kappa shape index (κ1) is 9.45. The van der Waals surface area contributed by atoms with Crippen molar-refractivity contribution in [2.75, 3.05) is 5.73 Å². The zero-order chi connectivity index (χ0) is 10.7. The first-order valence-corrected chi connectivity index (χ1v) is 4.60. The summed E-state index contributed by atoms with van der Waals surface area (Å²) >= 11 is 0. The second-order valence-corrected chi connectivity index (χ2v) is 3.29. The van der Waals surface area contributed by atoms with E-state index in [0.29, 0.717) is 6.54 Å². The molecular weight excluding hydrogens is 190 g/mol. The average molecular weight is 201 g/mol. The molecule has 0 aliphatic heterocycles. The smallest absolute Gasteiger partial charge is 0.253 e. The van der Waals surface area contributed by atoms with Crippen molar-refractivity contribution >= 4 is 5.69 Å². The number of benzene rings is 1. The van der Waals surface area contributed by atoms with Gasteiger partial charge in [0.25, 0.3) is 5.56 Å². The highest BCUT2D eigenvalue weighted by molar-refractivity contribution is 5.39. The van der Waals surface area contributed by atoms with E-state index in [9.17, 15) is 4.79 Å². The summed E-state index contributed by atoms with van der Waals surface area (Å²) in [6.07, 6.45) is 3.01. The van der Waals surface area contributed by atoms with Crippen LogP contribution in [0, 0.1) is 0 Å². The number of aromatic nitrogens is 2. The van der Waals surface area contributed by atoms with Gasteiger partial charge in [-0.25, -0.2) is 4.98 Å². The van der Waals surface area contributed by atoms with Gasteiger partial charge in [0.1, 0.15) is 0 Å². The van der Waals surface area contributed by atoms with Crippen molar-refractivity contribution in [3.8, 4) is 0 Å². The Hall–Kier alpha value is -2.10. The molecule has 76 valence electrons. The Bertz CT molecular complexity index is 502. The molecule has 15 heavy (non-hydrogen) atoms. The Morgan fingerprint density at radius 1 is 1.20 bits per heavy atom. The monoisotopic (exact) mass is 201 g/mol. The molecule has 0 amide bonds. The largest absolute Gasteiger partial charge is 0.399 e. The Labute approximate surface area is 87.0 Å². The standard InChI is InChI=1S/C11H11N3O/c12-10-3-1-9(2-4-10)7-14-8-13-6-5-11(14)15/h1-6,8H,7,12H2. The zero-order valence-electron chi connectivity index (χ0n) is 8.13. The summed E-state index contributed by atoms with van der Waals surface area (Å²) < 4.78 is 1.55. The molecule has 0 bridgehead atoms. The van der Waals surface area contributed by atoms with Crippen LogP contribution in [0.3, 0.4) is 0 Å². The minimum Gasteiger partial charge on any atom is -0.399 e. The van der Waals surface area contributed by atoms with Crippen molar-refractivity contribution in [3.63, 3.8) is 0 Å². The fourth-order valence-electron chi connectivity index (χ4n) is 1.32. The van der Waals surface area contributed by atoms with E-state index in [0.717, 1.165) is 11.3 Å². The minimum absolute atomic E-state index is 0.0539. The lowest BCUT2D eigenvalue weighted by molar-refractivity contribution is 0.736. The van der Waals surface area contributed by atoms with Crippen LogP contribution >= 0.6 is 0 Å². The number of hydrogen-bond acceptors (Lipinski definition) is 3. The third-order valence-corrected chi connectivity index (χ3v) is 2.12. The van der Waals surface area contributed by atoms with Gasteiger partial charge in [0, 0.05) is 18.0 Å². The first-order chi connectivity index (χ1) is 7.25. The quantitative estimate of drug-likeness (QED) is 0.733. The maximum absolute atomic E-state index is 11.4. The van der Waals surface area contributed by atoms with E-state index in [4.69, 9.17) is 5.73 Å². The number of nitrogens with two attached hydrogens (primary N) is 1. The van der Waals surface area contributed by atoms with Gasteiger partial charge in [-0.15, -0.1) is 0 Å². The summed E-state index contributed by atoms with van der Waals surface area (Å²) in [5, 5.41) is 0. The van der Waals surface area contributed by atoms with Gasteiger partial charge in [-0.3, -0.25) is 9.36 Å². The first-order valence-electron chi connectivity index (χ1n) is 4.60. The van der Waals surface area contributed by atoms with E-state index in [-0.39, 0.29) is 5.56 Å². The van der Waals surface area contributed by atoms with E-state index < -0.39 is 0 Å². The molecule has 0 atom stereocenters. The molecule has 4 nitrogen and oxygen atoms in total. The van der Waals surface area contributed by atoms with Crippen LogP contribution in [0.2, 0.25) is 0 Å². The van der Waals surface area contributed by atoms with Crippen LogP contribution in [0.15, 0.2) is 47.7 Å². The summed E-state index contributed by atoms with van der Waals surface area (Å²) in [6.45, 7) is 0.521. The van der Waals surface area contributed by atoms with E-state index in [2.05, 4.69) is 4.98 Å². The van der Waals surface area contributed by atoms with Crippen molar-refractivity contribution in [3.05, 3.63) is 58.8 Å². The SMILES string of the molecule is Nc1ccc(Cn2cnccc2=O)cc1. The predicted molar refractivity (Wildman–Crippen MR) is 58.5 cm³/mol. The van der Waals surface area contributed by atoms with Crippen LogP contribution in [0.25, 0.3) is 0 Å². The van der Waals surface area contributed by atoms with E-state index in [1.54, 1.807) is 4.57 Å². The van der Waals surface area contributed by atoms with Crippen molar-refractivity contribution in [1.29, 1.82) is 0 Å². The van der Waals surface area contributed by atoms with Crippen molar-refractivity contribution in [2.45, 2.75) is 6.54 Å². The molecule has 0 unspecified atom stereocenters. The van der Waals surface area contributed by atoms with Crippen LogP contribution in [-0.2, 0) is 6.54 Å². The van der Waals surface area contributed by atoms with Crippen molar-refractivity contribution < 1.29 is 0 Å². The molecule has 2 aromatic rings. The minimum atomic E-state index is -0.0539. The third-order valence-electron chi connectivity index (χ3n) is 2.12. The van der Waals surface area contributed by atoms with Crippen molar-refractivity contribution in [1.82, 2.24) is 9.55 Å². The summed E-state index contributed by atoms with van der Waals surface area (Å²) in [4.78, 5) is 15.3. The van der Waals surface area contributed by atoms with Crippen LogP contribution in [0.1, 0.15) is 5.56 Å². The lowest BCUT2D eigenvalue weighted by atomic mass is 10.2. The highest BCUT2D eigenvalue weighted by Gasteiger charge is 1.96. The topological polar surface area (TPSA) is 60.9 Å². The molecule has 0 fully saturated rings. The van der Waals surface area contributed by atoms with Crippen molar-refractivity contribution in [2.24, 2.45) is 0 Å². The van der Waals surface area contributed by atoms with E-state index >= 15 is 0 Å². The van der Waals surface area contributed by atoms with Crippen LogP contribution < -0.4 is 11.3 Å². The molecule has 2 N–H and O–H groups in total. The van der Waals surface area contributed by atoms with E-state index in [1.165, 1.54) is 18.6 Å². The summed E-state index contributed by atoms with van der Waals surface area (Å²) in [7, 11) is 0. The number of anilines is 1. The number of rotatable bonds is 2. The Morgan fingerprint density at radius 2 is 1.93 bits per heavy atom. The Morgan fingerprint density at radius 3 is 2.60 bits per heavy atom. The lowest BCUT2D eigenvalue weighted by Crippen LogP contribution is -2.19. The molecule has 4 heteroatoms. The van der Waals surface area contributed by atoms with Gasteiger partial charge in [-0.1, -0.05) is 12.1 Å².